The largest absolute Gasteiger partial charge is 0.489 e. The first-order chi connectivity index (χ1) is 11.1. The van der Waals surface area contributed by atoms with Crippen LogP contribution in [0, 0.1) is 5.82 Å². The highest BCUT2D eigenvalue weighted by Crippen LogP contribution is 2.15. The summed E-state index contributed by atoms with van der Waals surface area (Å²) in [6.45, 7) is 2.64. The molecule has 0 radical (unpaired) electrons. The van der Waals surface area contributed by atoms with Gasteiger partial charge in [0, 0.05) is 12.1 Å². The first-order valence-corrected chi connectivity index (χ1v) is 7.58. The van der Waals surface area contributed by atoms with E-state index in [4.69, 9.17) is 10.5 Å². The highest BCUT2D eigenvalue weighted by Gasteiger charge is 2.11. The van der Waals surface area contributed by atoms with Gasteiger partial charge in [-0.3, -0.25) is 4.79 Å². The van der Waals surface area contributed by atoms with Crippen LogP contribution >= 0.6 is 0 Å². The molecule has 0 fully saturated rings. The van der Waals surface area contributed by atoms with Crippen LogP contribution in [0.3, 0.4) is 0 Å². The van der Waals surface area contributed by atoms with Crippen molar-refractivity contribution in [2.75, 3.05) is 0 Å². The van der Waals surface area contributed by atoms with Gasteiger partial charge in [-0.2, -0.15) is 0 Å². The molecule has 23 heavy (non-hydrogen) atoms. The quantitative estimate of drug-likeness (QED) is 0.787. The topological polar surface area (TPSA) is 64.3 Å². The second kappa shape index (κ2) is 8.29. The van der Waals surface area contributed by atoms with Crippen molar-refractivity contribution in [3.8, 4) is 5.75 Å². The van der Waals surface area contributed by atoms with Gasteiger partial charge >= 0.3 is 0 Å². The molecular weight excluding hydrogens is 295 g/mol. The summed E-state index contributed by atoms with van der Waals surface area (Å²) in [6.07, 6.45) is 0.652. The minimum Gasteiger partial charge on any atom is -0.489 e. The van der Waals surface area contributed by atoms with Crippen molar-refractivity contribution in [2.45, 2.75) is 32.5 Å². The third-order valence-electron chi connectivity index (χ3n) is 3.58. The van der Waals surface area contributed by atoms with Gasteiger partial charge in [0.25, 0.3) is 0 Å². The summed E-state index contributed by atoms with van der Waals surface area (Å²) < 4.78 is 19.1. The lowest BCUT2D eigenvalue weighted by Crippen LogP contribution is -2.40. The number of ether oxygens (including phenoxy) is 1. The number of nitrogens with two attached hydrogens (primary N) is 1. The first kappa shape index (κ1) is 17.0. The smallest absolute Gasteiger partial charge is 0.234 e. The molecule has 0 aromatic heterocycles. The predicted molar refractivity (Wildman–Crippen MR) is 87.3 cm³/mol. The van der Waals surface area contributed by atoms with E-state index in [9.17, 15) is 9.18 Å². The first-order valence-electron chi connectivity index (χ1n) is 7.58. The summed E-state index contributed by atoms with van der Waals surface area (Å²) >= 11 is 0. The van der Waals surface area contributed by atoms with Crippen LogP contribution in [0.5, 0.6) is 5.75 Å². The van der Waals surface area contributed by atoms with Gasteiger partial charge in [0.2, 0.25) is 5.91 Å². The molecule has 3 N–H and O–H groups in total. The van der Waals surface area contributed by atoms with Crippen LogP contribution in [0.15, 0.2) is 48.5 Å². The molecule has 0 saturated heterocycles. The van der Waals surface area contributed by atoms with Crippen molar-refractivity contribution in [1.29, 1.82) is 0 Å². The maximum Gasteiger partial charge on any atom is 0.234 e. The van der Waals surface area contributed by atoms with Crippen LogP contribution in [-0.2, 0) is 17.9 Å². The average Bonchev–Trinajstić information content (AvgIpc) is 2.55. The minimum absolute atomic E-state index is 0.184. The highest BCUT2D eigenvalue weighted by atomic mass is 19.1. The van der Waals surface area contributed by atoms with Gasteiger partial charge in [-0.05, 0) is 30.2 Å². The van der Waals surface area contributed by atoms with Crippen LogP contribution in [0.2, 0.25) is 0 Å². The Morgan fingerprint density at radius 3 is 2.52 bits per heavy atom. The summed E-state index contributed by atoms with van der Waals surface area (Å²) in [7, 11) is 0. The van der Waals surface area contributed by atoms with Crippen molar-refractivity contribution < 1.29 is 13.9 Å². The molecule has 1 atom stereocenters. The van der Waals surface area contributed by atoms with E-state index in [1.54, 1.807) is 18.2 Å². The van der Waals surface area contributed by atoms with Crippen LogP contribution in [0.1, 0.15) is 24.5 Å². The Hall–Kier alpha value is -2.40. The number of hydrogen-bond acceptors (Lipinski definition) is 3. The normalized spacial score (nSPS) is 11.9. The van der Waals surface area contributed by atoms with Gasteiger partial charge < -0.3 is 15.8 Å². The zero-order chi connectivity index (χ0) is 16.7. The van der Waals surface area contributed by atoms with Gasteiger partial charge in [-0.25, -0.2) is 4.39 Å². The van der Waals surface area contributed by atoms with Gasteiger partial charge in [0.1, 0.15) is 18.2 Å². The summed E-state index contributed by atoms with van der Waals surface area (Å²) in [5, 5.41) is 3.10. The molecule has 0 bridgehead atoms. The second-order valence-electron chi connectivity index (χ2n) is 5.27. The third-order valence-corrected chi connectivity index (χ3v) is 3.58. The zero-order valence-electron chi connectivity index (χ0n) is 13.1. The van der Waals surface area contributed by atoms with E-state index in [1.807, 2.05) is 31.2 Å². The number of carbonyl (C=O) groups is 1. The fourth-order valence-corrected chi connectivity index (χ4v) is 2.17. The van der Waals surface area contributed by atoms with E-state index in [1.165, 1.54) is 6.07 Å². The van der Waals surface area contributed by atoms with E-state index in [2.05, 4.69) is 5.32 Å². The highest BCUT2D eigenvalue weighted by molar-refractivity contribution is 5.79. The van der Waals surface area contributed by atoms with Gasteiger partial charge in [-0.15, -0.1) is 0 Å². The fraction of sp³-hybridized carbons (Fsp3) is 0.278. The number of hydrogen-bond donors (Lipinski definition) is 2. The molecule has 1 amide bonds. The van der Waals surface area contributed by atoms with Gasteiger partial charge in [0.15, 0.2) is 0 Å². The Balaban J connectivity index is 1.87. The predicted octanol–water partition coefficient (Wildman–Crippen LogP) is 2.76. The lowest BCUT2D eigenvalue weighted by atomic mass is 10.1. The molecular formula is C18H21FN2O2. The van der Waals surface area contributed by atoms with Crippen molar-refractivity contribution in [3.63, 3.8) is 0 Å². The molecule has 122 valence electrons. The van der Waals surface area contributed by atoms with Crippen LogP contribution in [-0.4, -0.2) is 11.9 Å². The number of rotatable bonds is 8. The molecule has 5 heteroatoms. The number of primary amides is 1. The maximum absolute atomic E-state index is 13.5. The monoisotopic (exact) mass is 316 g/mol. The lowest BCUT2D eigenvalue weighted by Gasteiger charge is -2.13. The Labute approximate surface area is 135 Å². The van der Waals surface area contributed by atoms with Crippen molar-refractivity contribution in [3.05, 3.63) is 65.5 Å². The Bertz CT molecular complexity index is 644. The zero-order valence-corrected chi connectivity index (χ0v) is 13.1. The van der Waals surface area contributed by atoms with Crippen molar-refractivity contribution in [1.82, 2.24) is 5.32 Å². The number of halogens is 1. The summed E-state index contributed by atoms with van der Waals surface area (Å²) in [6, 6.07) is 13.7. The summed E-state index contributed by atoms with van der Waals surface area (Å²) in [5.41, 5.74) is 6.83. The molecule has 0 spiro atoms. The van der Waals surface area contributed by atoms with E-state index in [0.29, 0.717) is 24.3 Å². The summed E-state index contributed by atoms with van der Waals surface area (Å²) in [4.78, 5) is 11.2. The van der Waals surface area contributed by atoms with E-state index < -0.39 is 0 Å². The van der Waals surface area contributed by atoms with Crippen LogP contribution in [0.25, 0.3) is 0 Å². The molecule has 0 aliphatic carbocycles. The number of benzene rings is 2. The van der Waals surface area contributed by atoms with E-state index in [0.717, 1.165) is 5.56 Å². The molecule has 2 aromatic carbocycles. The number of carbonyl (C=O) groups excluding carboxylic acids is 1. The van der Waals surface area contributed by atoms with Gasteiger partial charge in [0.05, 0.1) is 6.04 Å². The third kappa shape index (κ3) is 5.07. The van der Waals surface area contributed by atoms with Gasteiger partial charge in [-0.1, -0.05) is 37.3 Å². The number of nitrogens with one attached hydrogen (secondary N) is 1. The maximum atomic E-state index is 13.5. The lowest BCUT2D eigenvalue weighted by molar-refractivity contribution is -0.120. The minimum atomic E-state index is -0.350. The molecule has 0 saturated carbocycles. The Kier molecular flexibility index (Phi) is 6.11. The molecule has 0 aliphatic heterocycles. The van der Waals surface area contributed by atoms with Crippen molar-refractivity contribution >= 4 is 5.91 Å². The van der Waals surface area contributed by atoms with E-state index >= 15 is 0 Å². The summed E-state index contributed by atoms with van der Waals surface area (Å²) in [5.74, 6) is 0.0432. The molecule has 2 rings (SSSR count). The molecule has 0 aliphatic rings. The van der Waals surface area contributed by atoms with E-state index in [-0.39, 0.29) is 24.4 Å². The molecule has 0 heterocycles. The molecule has 4 nitrogen and oxygen atoms in total. The molecule has 2 aromatic rings. The standard InChI is InChI=1S/C18H21FN2O2/c1-2-17(18(20)22)21-11-13-7-9-15(10-8-13)23-12-14-5-3-4-6-16(14)19/h3-10,17,21H,2,11-12H2,1H3,(H2,20,22). The Morgan fingerprint density at radius 1 is 1.22 bits per heavy atom. The second-order valence-corrected chi connectivity index (χ2v) is 5.27. The fourth-order valence-electron chi connectivity index (χ4n) is 2.17. The van der Waals surface area contributed by atoms with Crippen LogP contribution in [0.4, 0.5) is 4.39 Å². The van der Waals surface area contributed by atoms with Crippen molar-refractivity contribution in [2.24, 2.45) is 5.73 Å². The number of amides is 1. The van der Waals surface area contributed by atoms with Crippen LogP contribution < -0.4 is 15.8 Å². The SMILES string of the molecule is CCC(NCc1ccc(OCc2ccccc2F)cc1)C(N)=O. The average molecular weight is 316 g/mol. The molecule has 1 unspecified atom stereocenters. The Morgan fingerprint density at radius 2 is 1.91 bits per heavy atom.